The number of ketones is 1. The number of rotatable bonds is 2. The second-order valence-electron chi connectivity index (χ2n) is 2.77. The zero-order valence-corrected chi connectivity index (χ0v) is 8.01. The highest BCUT2D eigenvalue weighted by Gasteiger charge is 2.10. The Morgan fingerprint density at radius 1 is 1.21 bits per heavy atom. The lowest BCUT2D eigenvalue weighted by Crippen LogP contribution is -1.99. The van der Waals surface area contributed by atoms with Crippen molar-refractivity contribution in [3.63, 3.8) is 0 Å². The van der Waals surface area contributed by atoms with Crippen LogP contribution < -0.4 is 5.56 Å². The molecule has 0 aliphatic carbocycles. The van der Waals surface area contributed by atoms with Gasteiger partial charge in [0.2, 0.25) is 5.78 Å². The Morgan fingerprint density at radius 2 is 1.93 bits per heavy atom. The summed E-state index contributed by atoms with van der Waals surface area (Å²) in [7, 11) is 0. The summed E-state index contributed by atoms with van der Waals surface area (Å²) in [6, 6.07) is 10.2. The number of nitrogens with one attached hydrogen (secondary N) is 1. The standard InChI is InChI=1S/C10H7NO2S/c12-9-6-8(14-11-9)10(13)7-4-2-1-3-5-7/h1-6H,(H,11,12). The first-order valence-electron chi connectivity index (χ1n) is 4.05. The van der Waals surface area contributed by atoms with Crippen molar-refractivity contribution in [2.75, 3.05) is 0 Å². The van der Waals surface area contributed by atoms with Gasteiger partial charge < -0.3 is 0 Å². The molecule has 14 heavy (non-hydrogen) atoms. The summed E-state index contributed by atoms with van der Waals surface area (Å²) >= 11 is 1.07. The van der Waals surface area contributed by atoms with Crippen molar-refractivity contribution in [2.45, 2.75) is 0 Å². The van der Waals surface area contributed by atoms with Gasteiger partial charge in [0.1, 0.15) is 0 Å². The van der Waals surface area contributed by atoms with Gasteiger partial charge in [-0.1, -0.05) is 41.9 Å². The molecule has 0 aliphatic rings. The van der Waals surface area contributed by atoms with Crippen LogP contribution in [0.1, 0.15) is 15.2 Å². The normalized spacial score (nSPS) is 10.0. The zero-order chi connectivity index (χ0) is 9.97. The second-order valence-corrected chi connectivity index (χ2v) is 3.62. The Balaban J connectivity index is 2.38. The monoisotopic (exact) mass is 205 g/mol. The number of hydrogen-bond donors (Lipinski definition) is 1. The number of hydrogen-bond acceptors (Lipinski definition) is 3. The van der Waals surface area contributed by atoms with Crippen LogP contribution in [0.2, 0.25) is 0 Å². The van der Waals surface area contributed by atoms with Gasteiger partial charge in [-0.3, -0.25) is 14.0 Å². The lowest BCUT2D eigenvalue weighted by atomic mass is 10.1. The summed E-state index contributed by atoms with van der Waals surface area (Å²) in [5.41, 5.74) is 0.372. The molecule has 1 N–H and O–H groups in total. The number of benzene rings is 1. The van der Waals surface area contributed by atoms with Crippen LogP contribution in [0.25, 0.3) is 0 Å². The molecule has 3 nitrogen and oxygen atoms in total. The topological polar surface area (TPSA) is 49.9 Å². The van der Waals surface area contributed by atoms with Crippen LogP contribution in [0.5, 0.6) is 0 Å². The third-order valence-corrected chi connectivity index (χ3v) is 2.61. The van der Waals surface area contributed by atoms with Crippen molar-refractivity contribution in [3.05, 3.63) is 57.2 Å². The minimum atomic E-state index is -0.228. The quantitative estimate of drug-likeness (QED) is 0.758. The Hall–Kier alpha value is -1.68. The summed E-state index contributed by atoms with van der Waals surface area (Å²) in [5.74, 6) is -0.117. The highest BCUT2D eigenvalue weighted by molar-refractivity contribution is 7.08. The molecule has 1 aromatic carbocycles. The highest BCUT2D eigenvalue weighted by atomic mass is 32.1. The number of aromatic nitrogens is 1. The Bertz CT molecular complexity index is 498. The number of carbonyl (C=O) groups excluding carboxylic acids is 1. The minimum Gasteiger partial charge on any atom is -0.288 e. The van der Waals surface area contributed by atoms with E-state index >= 15 is 0 Å². The van der Waals surface area contributed by atoms with Gasteiger partial charge in [-0.15, -0.1) is 0 Å². The average Bonchev–Trinajstić information content (AvgIpc) is 2.65. The van der Waals surface area contributed by atoms with E-state index in [9.17, 15) is 9.59 Å². The first kappa shape index (κ1) is 8.90. The van der Waals surface area contributed by atoms with Crippen LogP contribution in [0, 0.1) is 0 Å². The van der Waals surface area contributed by atoms with Gasteiger partial charge >= 0.3 is 0 Å². The summed E-state index contributed by atoms with van der Waals surface area (Å²) in [5, 5.41) is 0. The largest absolute Gasteiger partial charge is 0.288 e. The maximum absolute atomic E-state index is 11.7. The molecular weight excluding hydrogens is 198 g/mol. The van der Waals surface area contributed by atoms with Crippen LogP contribution in [0.4, 0.5) is 0 Å². The average molecular weight is 205 g/mol. The molecule has 2 aromatic rings. The maximum Gasteiger partial charge on any atom is 0.258 e. The number of H-pyrrole nitrogens is 1. The molecule has 1 heterocycles. The molecule has 1 aromatic heterocycles. The lowest BCUT2D eigenvalue weighted by molar-refractivity contribution is 0.104. The summed E-state index contributed by atoms with van der Waals surface area (Å²) in [6.45, 7) is 0. The fraction of sp³-hybridized carbons (Fsp3) is 0. The van der Waals surface area contributed by atoms with E-state index in [-0.39, 0.29) is 11.3 Å². The SMILES string of the molecule is O=C(c1ccccc1)c1cc(=O)[nH]s1. The molecular formula is C10H7NO2S. The van der Waals surface area contributed by atoms with Crippen LogP contribution in [0.15, 0.2) is 41.2 Å². The second kappa shape index (κ2) is 3.59. The van der Waals surface area contributed by atoms with Crippen molar-refractivity contribution in [3.8, 4) is 0 Å². The molecule has 70 valence electrons. The summed E-state index contributed by atoms with van der Waals surface area (Å²) in [6.07, 6.45) is 0. The van der Waals surface area contributed by atoms with Crippen molar-refractivity contribution < 1.29 is 4.79 Å². The van der Waals surface area contributed by atoms with E-state index < -0.39 is 0 Å². The Morgan fingerprint density at radius 3 is 2.50 bits per heavy atom. The fourth-order valence-corrected chi connectivity index (χ4v) is 1.77. The van der Waals surface area contributed by atoms with Crippen LogP contribution in [0.3, 0.4) is 0 Å². The van der Waals surface area contributed by atoms with Crippen molar-refractivity contribution in [1.29, 1.82) is 0 Å². The van der Waals surface area contributed by atoms with Crippen LogP contribution in [-0.4, -0.2) is 10.2 Å². The summed E-state index contributed by atoms with van der Waals surface area (Å²) < 4.78 is 2.48. The van der Waals surface area contributed by atoms with Crippen molar-refractivity contribution in [1.82, 2.24) is 4.37 Å². The van der Waals surface area contributed by atoms with Crippen molar-refractivity contribution in [2.24, 2.45) is 0 Å². The highest BCUT2D eigenvalue weighted by Crippen LogP contribution is 2.10. The lowest BCUT2D eigenvalue weighted by Gasteiger charge is -1.94. The molecule has 0 spiro atoms. The third-order valence-electron chi connectivity index (χ3n) is 1.78. The van der Waals surface area contributed by atoms with E-state index in [1.807, 2.05) is 6.07 Å². The molecule has 0 aliphatic heterocycles. The molecule has 2 rings (SSSR count). The van der Waals surface area contributed by atoms with Gasteiger partial charge in [0.25, 0.3) is 5.56 Å². The van der Waals surface area contributed by atoms with Gasteiger partial charge in [-0.05, 0) is 0 Å². The molecule has 0 unspecified atom stereocenters. The van der Waals surface area contributed by atoms with E-state index in [4.69, 9.17) is 0 Å². The molecule has 0 amide bonds. The first-order valence-corrected chi connectivity index (χ1v) is 4.87. The molecule has 0 atom stereocenters. The van der Waals surface area contributed by atoms with Crippen LogP contribution in [-0.2, 0) is 0 Å². The number of carbonyl (C=O) groups is 1. The molecule has 4 heteroatoms. The molecule has 0 radical (unpaired) electrons. The predicted octanol–water partition coefficient (Wildman–Crippen LogP) is 1.67. The first-order chi connectivity index (χ1) is 6.77. The van der Waals surface area contributed by atoms with Gasteiger partial charge in [0.15, 0.2) is 0 Å². The molecule has 0 fully saturated rings. The minimum absolute atomic E-state index is 0.117. The van der Waals surface area contributed by atoms with Gasteiger partial charge in [0.05, 0.1) is 4.88 Å². The van der Waals surface area contributed by atoms with E-state index in [2.05, 4.69) is 4.37 Å². The van der Waals surface area contributed by atoms with Crippen LogP contribution >= 0.6 is 11.5 Å². The van der Waals surface area contributed by atoms with E-state index in [1.54, 1.807) is 24.3 Å². The molecule has 0 saturated carbocycles. The van der Waals surface area contributed by atoms with Gasteiger partial charge in [-0.25, -0.2) is 0 Å². The fourth-order valence-electron chi connectivity index (χ4n) is 1.13. The maximum atomic E-state index is 11.7. The van der Waals surface area contributed by atoms with E-state index in [0.29, 0.717) is 10.4 Å². The van der Waals surface area contributed by atoms with Gasteiger partial charge in [0, 0.05) is 11.6 Å². The van der Waals surface area contributed by atoms with E-state index in [1.165, 1.54) is 6.07 Å². The number of aromatic amines is 1. The van der Waals surface area contributed by atoms with Gasteiger partial charge in [-0.2, -0.15) is 0 Å². The Labute approximate surface area is 84.2 Å². The van der Waals surface area contributed by atoms with Crippen molar-refractivity contribution >= 4 is 17.3 Å². The Kier molecular flexibility index (Phi) is 2.28. The zero-order valence-electron chi connectivity index (χ0n) is 7.19. The third kappa shape index (κ3) is 1.65. The predicted molar refractivity (Wildman–Crippen MR) is 54.8 cm³/mol. The smallest absolute Gasteiger partial charge is 0.258 e. The van der Waals surface area contributed by atoms with E-state index in [0.717, 1.165) is 11.5 Å². The molecule has 0 saturated heterocycles. The molecule has 0 bridgehead atoms. The summed E-state index contributed by atoms with van der Waals surface area (Å²) in [4.78, 5) is 23.0.